The molecule has 0 saturated carbocycles. The smallest absolute Gasteiger partial charge is 0.424 e. The largest absolute Gasteiger partial charge is 0.448 e. The lowest BCUT2D eigenvalue weighted by Gasteiger charge is -2.36. The monoisotopic (exact) mass is 437 g/mol. The maximum Gasteiger partial charge on any atom is 0.424 e. The van der Waals surface area contributed by atoms with E-state index in [1.54, 1.807) is 25.7 Å². The van der Waals surface area contributed by atoms with Crippen LogP contribution in [-0.2, 0) is 9.47 Å². The van der Waals surface area contributed by atoms with E-state index in [1.165, 1.54) is 22.3 Å². The van der Waals surface area contributed by atoms with Gasteiger partial charge < -0.3 is 14.4 Å². The van der Waals surface area contributed by atoms with Gasteiger partial charge in [0.1, 0.15) is 12.2 Å². The van der Waals surface area contributed by atoms with Crippen molar-refractivity contribution in [2.75, 3.05) is 19.7 Å². The Morgan fingerprint density at radius 2 is 1.53 bits per heavy atom. The van der Waals surface area contributed by atoms with Crippen LogP contribution < -0.4 is 5.84 Å². The number of hydrogen-bond donors (Lipinski definition) is 1. The number of amides is 2. The minimum atomic E-state index is -0.601. The summed E-state index contributed by atoms with van der Waals surface area (Å²) < 4.78 is 11.1. The summed E-state index contributed by atoms with van der Waals surface area (Å²) in [5.74, 6) is 6.01. The summed E-state index contributed by atoms with van der Waals surface area (Å²) in [7, 11) is 0. The average molecular weight is 438 g/mol. The van der Waals surface area contributed by atoms with E-state index in [0.717, 1.165) is 5.01 Å². The van der Waals surface area contributed by atoms with Crippen LogP contribution in [0, 0.1) is 0 Å². The normalized spacial score (nSPS) is 16.3. The summed E-state index contributed by atoms with van der Waals surface area (Å²) in [5.41, 5.74) is 4.19. The summed E-state index contributed by atoms with van der Waals surface area (Å²) in [5, 5.41) is 1.15. The Labute approximate surface area is 189 Å². The van der Waals surface area contributed by atoms with E-state index in [2.05, 4.69) is 24.3 Å². The van der Waals surface area contributed by atoms with Crippen molar-refractivity contribution in [3.05, 3.63) is 59.7 Å². The molecular formula is C25H31N3O4. The second kappa shape index (κ2) is 8.82. The first-order valence-electron chi connectivity index (χ1n) is 11.1. The fraction of sp³-hybridized carbons (Fsp3) is 0.440. The molecule has 170 valence electrons. The number of carbonyl (C=O) groups is 2. The molecule has 1 aliphatic carbocycles. The molecule has 2 amide bonds. The maximum atomic E-state index is 12.7. The van der Waals surface area contributed by atoms with Crippen molar-refractivity contribution in [3.63, 3.8) is 0 Å². The molecule has 0 atom stereocenters. The molecule has 0 spiro atoms. The standard InChI is InChI=1S/C25H31N3O4/c1-25(2,3)32-24(30)28(26)17-12-14-27(15-13-17)23(29)31-16-22-20-10-6-4-8-18(20)19-9-5-7-11-21(19)22/h4-11,17,22H,12-16,26H2,1-3H3. The van der Waals surface area contributed by atoms with Crippen LogP contribution in [0.1, 0.15) is 50.7 Å². The number of likely N-dealkylation sites (tertiary alicyclic amines) is 1. The zero-order chi connectivity index (χ0) is 22.9. The number of benzene rings is 2. The van der Waals surface area contributed by atoms with E-state index in [1.807, 2.05) is 24.3 Å². The van der Waals surface area contributed by atoms with Gasteiger partial charge in [0.25, 0.3) is 0 Å². The first-order chi connectivity index (χ1) is 15.2. The first-order valence-corrected chi connectivity index (χ1v) is 11.1. The highest BCUT2D eigenvalue weighted by Gasteiger charge is 2.33. The van der Waals surface area contributed by atoms with Crippen LogP contribution >= 0.6 is 0 Å². The quantitative estimate of drug-likeness (QED) is 0.434. The summed E-state index contributed by atoms with van der Waals surface area (Å²) >= 11 is 0. The van der Waals surface area contributed by atoms with Crippen LogP contribution in [0.15, 0.2) is 48.5 Å². The molecule has 0 unspecified atom stereocenters. The summed E-state index contributed by atoms with van der Waals surface area (Å²) in [6.45, 7) is 6.68. The second-order valence-corrected chi connectivity index (χ2v) is 9.41. The number of fused-ring (bicyclic) bond motifs is 3. The molecule has 0 bridgehead atoms. The molecule has 2 aliphatic rings. The van der Waals surface area contributed by atoms with Crippen LogP contribution in [0.4, 0.5) is 9.59 Å². The van der Waals surface area contributed by atoms with E-state index in [-0.39, 0.29) is 18.1 Å². The topological polar surface area (TPSA) is 85.1 Å². The molecule has 32 heavy (non-hydrogen) atoms. The van der Waals surface area contributed by atoms with Crippen LogP contribution in [0.25, 0.3) is 11.1 Å². The third-order valence-corrected chi connectivity index (χ3v) is 6.06. The van der Waals surface area contributed by atoms with Gasteiger partial charge in [-0.05, 0) is 55.9 Å². The van der Waals surface area contributed by atoms with Crippen molar-refractivity contribution < 1.29 is 19.1 Å². The highest BCUT2D eigenvalue weighted by molar-refractivity contribution is 5.79. The Morgan fingerprint density at radius 3 is 2.06 bits per heavy atom. The molecule has 4 rings (SSSR count). The lowest BCUT2D eigenvalue weighted by molar-refractivity contribution is 0.00757. The zero-order valence-corrected chi connectivity index (χ0v) is 18.9. The molecule has 1 aliphatic heterocycles. The number of nitrogens with two attached hydrogens (primary N) is 1. The van der Waals surface area contributed by atoms with Gasteiger partial charge in [-0.1, -0.05) is 48.5 Å². The van der Waals surface area contributed by atoms with E-state index in [9.17, 15) is 9.59 Å². The third kappa shape index (κ3) is 4.58. The van der Waals surface area contributed by atoms with Gasteiger partial charge in [-0.15, -0.1) is 0 Å². The molecule has 2 aromatic rings. The molecule has 2 N–H and O–H groups in total. The van der Waals surface area contributed by atoms with Crippen molar-refractivity contribution in [3.8, 4) is 11.1 Å². The number of carbonyl (C=O) groups excluding carboxylic acids is 2. The van der Waals surface area contributed by atoms with Crippen LogP contribution in [0.2, 0.25) is 0 Å². The van der Waals surface area contributed by atoms with Crippen molar-refractivity contribution in [2.45, 2.75) is 51.2 Å². The highest BCUT2D eigenvalue weighted by Crippen LogP contribution is 2.44. The van der Waals surface area contributed by atoms with E-state index >= 15 is 0 Å². The Morgan fingerprint density at radius 1 is 1.00 bits per heavy atom. The fourth-order valence-electron chi connectivity index (χ4n) is 4.48. The number of hydrogen-bond acceptors (Lipinski definition) is 5. The Bertz CT molecular complexity index is 947. The van der Waals surface area contributed by atoms with Gasteiger partial charge in [0.05, 0.1) is 6.04 Å². The van der Waals surface area contributed by atoms with Crippen molar-refractivity contribution in [1.82, 2.24) is 9.91 Å². The van der Waals surface area contributed by atoms with Gasteiger partial charge in [0.15, 0.2) is 0 Å². The zero-order valence-electron chi connectivity index (χ0n) is 18.9. The predicted octanol–water partition coefficient (Wildman–Crippen LogP) is 4.51. The maximum absolute atomic E-state index is 12.7. The summed E-state index contributed by atoms with van der Waals surface area (Å²) in [4.78, 5) is 26.6. The van der Waals surface area contributed by atoms with Gasteiger partial charge in [-0.3, -0.25) is 0 Å². The summed E-state index contributed by atoms with van der Waals surface area (Å²) in [6.07, 6.45) is 0.295. The van der Waals surface area contributed by atoms with Crippen molar-refractivity contribution in [2.24, 2.45) is 5.84 Å². The fourth-order valence-corrected chi connectivity index (χ4v) is 4.48. The Hall–Kier alpha value is -3.06. The summed E-state index contributed by atoms with van der Waals surface area (Å²) in [6, 6.07) is 16.4. The highest BCUT2D eigenvalue weighted by atomic mass is 16.6. The van der Waals surface area contributed by atoms with Crippen molar-refractivity contribution in [1.29, 1.82) is 0 Å². The molecule has 7 heteroatoms. The SMILES string of the molecule is CC(C)(C)OC(=O)N(N)C1CCN(C(=O)OCC2c3ccccc3-c3ccccc32)CC1. The van der Waals surface area contributed by atoms with Crippen molar-refractivity contribution >= 4 is 12.2 Å². The molecule has 1 fully saturated rings. The van der Waals surface area contributed by atoms with E-state index < -0.39 is 11.7 Å². The lowest BCUT2D eigenvalue weighted by Crippen LogP contribution is -2.53. The molecule has 0 radical (unpaired) electrons. The van der Waals surface area contributed by atoms with Gasteiger partial charge in [-0.2, -0.15) is 0 Å². The van der Waals surface area contributed by atoms with Gasteiger partial charge in [0, 0.05) is 19.0 Å². The third-order valence-electron chi connectivity index (χ3n) is 6.06. The number of ether oxygens (including phenoxy) is 2. The number of piperidine rings is 1. The molecule has 7 nitrogen and oxygen atoms in total. The van der Waals surface area contributed by atoms with Gasteiger partial charge >= 0.3 is 12.2 Å². The predicted molar refractivity (Wildman–Crippen MR) is 122 cm³/mol. The second-order valence-electron chi connectivity index (χ2n) is 9.41. The number of hydrazine groups is 1. The molecule has 2 aromatic carbocycles. The van der Waals surface area contributed by atoms with Crippen LogP contribution in [0.5, 0.6) is 0 Å². The first kappa shape index (κ1) is 22.1. The van der Waals surface area contributed by atoms with E-state index in [4.69, 9.17) is 15.3 Å². The lowest BCUT2D eigenvalue weighted by atomic mass is 9.98. The van der Waals surface area contributed by atoms with Crippen LogP contribution in [0.3, 0.4) is 0 Å². The van der Waals surface area contributed by atoms with Crippen LogP contribution in [-0.4, -0.2) is 53.4 Å². The minimum Gasteiger partial charge on any atom is -0.448 e. The molecular weight excluding hydrogens is 406 g/mol. The Balaban J connectivity index is 1.32. The molecule has 1 heterocycles. The van der Waals surface area contributed by atoms with Gasteiger partial charge in [0.2, 0.25) is 0 Å². The average Bonchev–Trinajstić information content (AvgIpc) is 3.10. The van der Waals surface area contributed by atoms with E-state index in [0.29, 0.717) is 32.5 Å². The Kier molecular flexibility index (Phi) is 6.11. The molecule has 0 aromatic heterocycles. The number of nitrogens with zero attached hydrogens (tertiary/aromatic N) is 2. The number of rotatable bonds is 3. The van der Waals surface area contributed by atoms with Gasteiger partial charge in [-0.25, -0.2) is 20.4 Å². The molecule has 1 saturated heterocycles. The minimum absolute atomic E-state index is 0.0376.